The summed E-state index contributed by atoms with van der Waals surface area (Å²) in [5, 5.41) is 0. The summed E-state index contributed by atoms with van der Waals surface area (Å²) in [6.07, 6.45) is -1.30. The van der Waals surface area contributed by atoms with Crippen LogP contribution in [-0.2, 0) is 0 Å². The van der Waals surface area contributed by atoms with E-state index in [1.165, 1.54) is 18.2 Å². The quantitative estimate of drug-likeness (QED) is 0.749. The molecule has 0 aromatic heterocycles. The molecule has 1 atom stereocenters. The number of rotatable bonds is 4. The Kier molecular flexibility index (Phi) is 4.43. The summed E-state index contributed by atoms with van der Waals surface area (Å²) in [6.45, 7) is 3.63. The zero-order chi connectivity index (χ0) is 12.9. The molecule has 17 heavy (non-hydrogen) atoms. The van der Waals surface area contributed by atoms with Gasteiger partial charge in [-0.2, -0.15) is 0 Å². The molecular formula is C12H13F3O2. The SMILES string of the molecule is CC=CC(C)Oc1cccc(OC(F)(F)F)c1. The first-order chi connectivity index (χ1) is 7.90. The maximum atomic E-state index is 12.0. The number of alkyl halides is 3. The van der Waals surface area contributed by atoms with E-state index in [0.29, 0.717) is 5.75 Å². The molecule has 1 unspecified atom stereocenters. The van der Waals surface area contributed by atoms with Crippen LogP contribution < -0.4 is 9.47 Å². The number of hydrogen-bond acceptors (Lipinski definition) is 2. The van der Waals surface area contributed by atoms with Crippen molar-refractivity contribution in [1.29, 1.82) is 0 Å². The van der Waals surface area contributed by atoms with Crippen LogP contribution in [0.5, 0.6) is 11.5 Å². The van der Waals surface area contributed by atoms with Crippen LogP contribution in [0.15, 0.2) is 36.4 Å². The summed E-state index contributed by atoms with van der Waals surface area (Å²) in [6, 6.07) is 5.44. The van der Waals surface area contributed by atoms with Gasteiger partial charge in [0.05, 0.1) is 0 Å². The van der Waals surface area contributed by atoms with Crippen molar-refractivity contribution in [2.75, 3.05) is 0 Å². The molecule has 0 spiro atoms. The van der Waals surface area contributed by atoms with Crippen molar-refractivity contribution in [3.63, 3.8) is 0 Å². The zero-order valence-corrected chi connectivity index (χ0v) is 9.49. The van der Waals surface area contributed by atoms with E-state index in [0.717, 1.165) is 0 Å². The molecule has 0 bridgehead atoms. The van der Waals surface area contributed by atoms with Crippen LogP contribution in [0.3, 0.4) is 0 Å². The minimum Gasteiger partial charge on any atom is -0.487 e. The van der Waals surface area contributed by atoms with Gasteiger partial charge in [0.1, 0.15) is 17.6 Å². The Bertz CT molecular complexity index is 386. The zero-order valence-electron chi connectivity index (χ0n) is 9.49. The highest BCUT2D eigenvalue weighted by molar-refractivity contribution is 5.33. The van der Waals surface area contributed by atoms with Gasteiger partial charge in [0, 0.05) is 6.07 Å². The van der Waals surface area contributed by atoms with E-state index in [1.54, 1.807) is 25.1 Å². The molecule has 2 nitrogen and oxygen atoms in total. The summed E-state index contributed by atoms with van der Waals surface area (Å²) >= 11 is 0. The fourth-order valence-electron chi connectivity index (χ4n) is 1.27. The van der Waals surface area contributed by atoms with Gasteiger partial charge in [-0.15, -0.1) is 13.2 Å². The van der Waals surface area contributed by atoms with Gasteiger partial charge in [-0.25, -0.2) is 0 Å². The van der Waals surface area contributed by atoms with E-state index in [9.17, 15) is 13.2 Å². The minimum absolute atomic E-state index is 0.207. The molecule has 0 aliphatic heterocycles. The van der Waals surface area contributed by atoms with Crippen LogP contribution in [0, 0.1) is 0 Å². The maximum absolute atomic E-state index is 12.0. The number of hydrogen-bond donors (Lipinski definition) is 0. The third-order valence-electron chi connectivity index (χ3n) is 1.82. The molecule has 1 rings (SSSR count). The van der Waals surface area contributed by atoms with Crippen molar-refractivity contribution in [3.8, 4) is 11.5 Å². The smallest absolute Gasteiger partial charge is 0.487 e. The van der Waals surface area contributed by atoms with E-state index in [4.69, 9.17) is 4.74 Å². The number of ether oxygens (including phenoxy) is 2. The predicted molar refractivity (Wildman–Crippen MR) is 58.0 cm³/mol. The molecule has 1 aromatic carbocycles. The topological polar surface area (TPSA) is 18.5 Å². The van der Waals surface area contributed by atoms with E-state index < -0.39 is 6.36 Å². The van der Waals surface area contributed by atoms with Crippen LogP contribution >= 0.6 is 0 Å². The van der Waals surface area contributed by atoms with E-state index in [-0.39, 0.29) is 11.9 Å². The van der Waals surface area contributed by atoms with E-state index in [1.807, 2.05) is 6.92 Å². The van der Waals surface area contributed by atoms with Crippen LogP contribution in [0.4, 0.5) is 13.2 Å². The first kappa shape index (κ1) is 13.4. The molecule has 0 fully saturated rings. The summed E-state index contributed by atoms with van der Waals surface area (Å²) < 4.78 is 45.1. The van der Waals surface area contributed by atoms with Gasteiger partial charge >= 0.3 is 6.36 Å². The molecule has 0 radical (unpaired) electrons. The second kappa shape index (κ2) is 5.61. The third-order valence-corrected chi connectivity index (χ3v) is 1.82. The standard InChI is InChI=1S/C12H13F3O2/c1-3-5-9(2)16-10-6-4-7-11(8-10)17-12(13,14)15/h3-9H,1-2H3. The Balaban J connectivity index is 2.72. The first-order valence-corrected chi connectivity index (χ1v) is 5.06. The summed E-state index contributed by atoms with van der Waals surface area (Å²) in [5.74, 6) is 0.0417. The molecule has 0 saturated carbocycles. The van der Waals surface area contributed by atoms with Crippen LogP contribution in [0.25, 0.3) is 0 Å². The molecule has 0 heterocycles. The predicted octanol–water partition coefficient (Wildman–Crippen LogP) is 3.93. The highest BCUT2D eigenvalue weighted by Crippen LogP contribution is 2.26. The number of halogens is 3. The second-order valence-corrected chi connectivity index (χ2v) is 3.37. The molecule has 0 aliphatic rings. The van der Waals surface area contributed by atoms with Crippen LogP contribution in [0.1, 0.15) is 13.8 Å². The van der Waals surface area contributed by atoms with Gasteiger partial charge in [-0.05, 0) is 32.1 Å². The highest BCUT2D eigenvalue weighted by Gasteiger charge is 2.31. The monoisotopic (exact) mass is 246 g/mol. The molecule has 0 saturated heterocycles. The van der Waals surface area contributed by atoms with Gasteiger partial charge in [0.15, 0.2) is 0 Å². The first-order valence-electron chi connectivity index (χ1n) is 5.06. The second-order valence-electron chi connectivity index (χ2n) is 3.37. The molecule has 0 N–H and O–H groups in total. The Morgan fingerprint density at radius 1 is 1.24 bits per heavy atom. The summed E-state index contributed by atoms with van der Waals surface area (Å²) in [4.78, 5) is 0. The average Bonchev–Trinajstić information content (AvgIpc) is 2.15. The Hall–Kier alpha value is -1.65. The lowest BCUT2D eigenvalue weighted by molar-refractivity contribution is -0.274. The molecule has 94 valence electrons. The van der Waals surface area contributed by atoms with Gasteiger partial charge < -0.3 is 9.47 Å². The maximum Gasteiger partial charge on any atom is 0.573 e. The summed E-state index contributed by atoms with van der Waals surface area (Å²) in [7, 11) is 0. The van der Waals surface area contributed by atoms with Gasteiger partial charge in [0.2, 0.25) is 0 Å². The molecule has 0 aliphatic carbocycles. The van der Waals surface area contributed by atoms with Crippen molar-refractivity contribution in [1.82, 2.24) is 0 Å². The third kappa shape index (κ3) is 5.29. The lowest BCUT2D eigenvalue weighted by Crippen LogP contribution is -2.17. The molecule has 0 amide bonds. The van der Waals surface area contributed by atoms with E-state index in [2.05, 4.69) is 4.74 Å². The Morgan fingerprint density at radius 2 is 1.88 bits per heavy atom. The van der Waals surface area contributed by atoms with Crippen molar-refractivity contribution >= 4 is 0 Å². The summed E-state index contributed by atoms with van der Waals surface area (Å²) in [5.41, 5.74) is 0. The molecule has 5 heteroatoms. The average molecular weight is 246 g/mol. The van der Waals surface area contributed by atoms with E-state index >= 15 is 0 Å². The van der Waals surface area contributed by atoms with Gasteiger partial charge in [-0.1, -0.05) is 12.1 Å². The number of benzene rings is 1. The van der Waals surface area contributed by atoms with Crippen molar-refractivity contribution in [2.45, 2.75) is 26.3 Å². The largest absolute Gasteiger partial charge is 0.573 e. The minimum atomic E-state index is -4.69. The van der Waals surface area contributed by atoms with Crippen molar-refractivity contribution < 1.29 is 22.6 Å². The fourth-order valence-corrected chi connectivity index (χ4v) is 1.27. The van der Waals surface area contributed by atoms with Crippen molar-refractivity contribution in [2.24, 2.45) is 0 Å². The van der Waals surface area contributed by atoms with Gasteiger partial charge in [0.25, 0.3) is 0 Å². The lowest BCUT2D eigenvalue weighted by Gasteiger charge is -2.13. The molecular weight excluding hydrogens is 233 g/mol. The molecule has 1 aromatic rings. The van der Waals surface area contributed by atoms with Gasteiger partial charge in [-0.3, -0.25) is 0 Å². The van der Waals surface area contributed by atoms with Crippen LogP contribution in [-0.4, -0.2) is 12.5 Å². The normalized spacial score (nSPS) is 13.7. The van der Waals surface area contributed by atoms with Crippen LogP contribution in [0.2, 0.25) is 0 Å². The van der Waals surface area contributed by atoms with Crippen molar-refractivity contribution in [3.05, 3.63) is 36.4 Å². The number of allylic oxidation sites excluding steroid dienone is 1. The highest BCUT2D eigenvalue weighted by atomic mass is 19.4. The Labute approximate surface area is 97.7 Å². The Morgan fingerprint density at radius 3 is 2.47 bits per heavy atom. The lowest BCUT2D eigenvalue weighted by atomic mass is 10.3. The fraction of sp³-hybridized carbons (Fsp3) is 0.333.